The van der Waals surface area contributed by atoms with Gasteiger partial charge in [-0.05, 0) is 49.7 Å². The van der Waals surface area contributed by atoms with Crippen molar-refractivity contribution in [1.82, 2.24) is 4.98 Å². The molecule has 1 fully saturated rings. The maximum absolute atomic E-state index is 11.4. The molecule has 0 saturated heterocycles. The Bertz CT molecular complexity index is 529. The Kier molecular flexibility index (Phi) is 4.68. The molecule has 1 aliphatic rings. The zero-order valence-electron chi connectivity index (χ0n) is 12.5. The van der Waals surface area contributed by atoms with Gasteiger partial charge in [-0.1, -0.05) is 13.8 Å². The summed E-state index contributed by atoms with van der Waals surface area (Å²) in [5.74, 6) is 1.62. The standard InChI is InChI=1S/C15H24N2O2S/c1-11(2)12-4-6-13(7-5-12)17-14-8-9-15(16-10-14)20(3,18)19/h8-13,17H,4-7H2,1-3H3. The maximum Gasteiger partial charge on any atom is 0.192 e. The second-order valence-electron chi connectivity index (χ2n) is 6.16. The summed E-state index contributed by atoms with van der Waals surface area (Å²) in [6.07, 6.45) is 7.68. The molecular weight excluding hydrogens is 272 g/mol. The predicted molar refractivity (Wildman–Crippen MR) is 81.6 cm³/mol. The first kappa shape index (κ1) is 15.3. The van der Waals surface area contributed by atoms with E-state index in [9.17, 15) is 8.42 Å². The minimum atomic E-state index is -3.21. The molecule has 2 rings (SSSR count). The second kappa shape index (κ2) is 6.12. The van der Waals surface area contributed by atoms with Crippen LogP contribution in [0.2, 0.25) is 0 Å². The lowest BCUT2D eigenvalue weighted by Gasteiger charge is -2.31. The second-order valence-corrected chi connectivity index (χ2v) is 8.12. The van der Waals surface area contributed by atoms with Gasteiger partial charge in [-0.2, -0.15) is 0 Å². The van der Waals surface area contributed by atoms with E-state index in [1.807, 2.05) is 0 Å². The Morgan fingerprint density at radius 3 is 2.30 bits per heavy atom. The summed E-state index contributed by atoms with van der Waals surface area (Å²) in [4.78, 5) is 4.01. The van der Waals surface area contributed by atoms with Gasteiger partial charge in [-0.3, -0.25) is 0 Å². The Morgan fingerprint density at radius 2 is 1.85 bits per heavy atom. The van der Waals surface area contributed by atoms with Crippen molar-refractivity contribution in [2.24, 2.45) is 11.8 Å². The lowest BCUT2D eigenvalue weighted by molar-refractivity contribution is 0.267. The number of nitrogens with zero attached hydrogens (tertiary/aromatic N) is 1. The number of anilines is 1. The normalized spacial score (nSPS) is 23.8. The molecule has 0 spiro atoms. The monoisotopic (exact) mass is 296 g/mol. The number of nitrogens with one attached hydrogen (secondary N) is 1. The van der Waals surface area contributed by atoms with Crippen LogP contribution < -0.4 is 5.32 Å². The lowest BCUT2D eigenvalue weighted by atomic mass is 9.80. The molecule has 0 amide bonds. The topological polar surface area (TPSA) is 59.1 Å². The summed E-state index contributed by atoms with van der Waals surface area (Å²) in [6, 6.07) is 3.85. The van der Waals surface area contributed by atoms with Crippen molar-refractivity contribution in [3.8, 4) is 0 Å². The van der Waals surface area contributed by atoms with Crippen LogP contribution in [-0.2, 0) is 9.84 Å². The number of sulfone groups is 1. The van der Waals surface area contributed by atoms with Gasteiger partial charge >= 0.3 is 0 Å². The molecule has 1 aromatic rings. The first-order chi connectivity index (χ1) is 9.36. The van der Waals surface area contributed by atoms with Crippen LogP contribution in [0.3, 0.4) is 0 Å². The minimum Gasteiger partial charge on any atom is -0.381 e. The molecule has 5 heteroatoms. The highest BCUT2D eigenvalue weighted by Gasteiger charge is 2.23. The van der Waals surface area contributed by atoms with Gasteiger partial charge in [0.25, 0.3) is 0 Å². The van der Waals surface area contributed by atoms with Crippen LogP contribution in [0.25, 0.3) is 0 Å². The van der Waals surface area contributed by atoms with Gasteiger partial charge < -0.3 is 5.32 Å². The van der Waals surface area contributed by atoms with Gasteiger partial charge in [0.2, 0.25) is 0 Å². The quantitative estimate of drug-likeness (QED) is 0.927. The molecule has 1 aliphatic carbocycles. The van der Waals surface area contributed by atoms with E-state index < -0.39 is 9.84 Å². The number of rotatable bonds is 4. The average Bonchev–Trinajstić information content (AvgIpc) is 2.39. The molecule has 4 nitrogen and oxygen atoms in total. The molecule has 1 saturated carbocycles. The molecule has 112 valence electrons. The first-order valence-electron chi connectivity index (χ1n) is 7.29. The third-order valence-electron chi connectivity index (χ3n) is 4.20. The molecule has 0 radical (unpaired) electrons. The van der Waals surface area contributed by atoms with E-state index in [1.165, 1.54) is 31.9 Å². The Morgan fingerprint density at radius 1 is 1.20 bits per heavy atom. The van der Waals surface area contributed by atoms with E-state index in [0.29, 0.717) is 6.04 Å². The summed E-state index contributed by atoms with van der Waals surface area (Å²) in [7, 11) is -3.21. The molecule has 0 bridgehead atoms. The fourth-order valence-electron chi connectivity index (χ4n) is 2.85. The van der Waals surface area contributed by atoms with Crippen LogP contribution in [0, 0.1) is 11.8 Å². The van der Waals surface area contributed by atoms with Crippen molar-refractivity contribution < 1.29 is 8.42 Å². The summed E-state index contributed by atoms with van der Waals surface area (Å²) in [5.41, 5.74) is 0.908. The summed E-state index contributed by atoms with van der Waals surface area (Å²) < 4.78 is 22.7. The highest BCUT2D eigenvalue weighted by Crippen LogP contribution is 2.31. The zero-order valence-corrected chi connectivity index (χ0v) is 13.3. The highest BCUT2D eigenvalue weighted by molar-refractivity contribution is 7.90. The van der Waals surface area contributed by atoms with Crippen molar-refractivity contribution >= 4 is 15.5 Å². The Balaban J connectivity index is 1.92. The predicted octanol–water partition coefficient (Wildman–Crippen LogP) is 3.11. The summed E-state index contributed by atoms with van der Waals surface area (Å²) in [5, 5.41) is 3.59. The van der Waals surface area contributed by atoms with Crippen molar-refractivity contribution in [2.45, 2.75) is 50.6 Å². The largest absolute Gasteiger partial charge is 0.381 e. The van der Waals surface area contributed by atoms with Gasteiger partial charge in [-0.15, -0.1) is 0 Å². The van der Waals surface area contributed by atoms with E-state index in [1.54, 1.807) is 18.3 Å². The Labute approximate surface area is 121 Å². The van der Waals surface area contributed by atoms with Crippen molar-refractivity contribution in [3.63, 3.8) is 0 Å². The van der Waals surface area contributed by atoms with Crippen LogP contribution in [0.4, 0.5) is 5.69 Å². The van der Waals surface area contributed by atoms with Crippen LogP contribution >= 0.6 is 0 Å². The number of hydrogen-bond acceptors (Lipinski definition) is 4. The Hall–Kier alpha value is -1.10. The molecule has 0 aromatic carbocycles. The summed E-state index contributed by atoms with van der Waals surface area (Å²) >= 11 is 0. The highest BCUT2D eigenvalue weighted by atomic mass is 32.2. The van der Waals surface area contributed by atoms with Gasteiger partial charge in [0.1, 0.15) is 0 Å². The van der Waals surface area contributed by atoms with Crippen molar-refractivity contribution in [1.29, 1.82) is 0 Å². The molecule has 1 heterocycles. The van der Waals surface area contributed by atoms with Crippen molar-refractivity contribution in [2.75, 3.05) is 11.6 Å². The van der Waals surface area contributed by atoms with E-state index in [0.717, 1.165) is 17.5 Å². The molecule has 0 aliphatic heterocycles. The lowest BCUT2D eigenvalue weighted by Crippen LogP contribution is -2.27. The van der Waals surface area contributed by atoms with Gasteiger partial charge in [-0.25, -0.2) is 13.4 Å². The van der Waals surface area contributed by atoms with E-state index in [2.05, 4.69) is 24.1 Å². The van der Waals surface area contributed by atoms with E-state index in [-0.39, 0.29) is 5.03 Å². The van der Waals surface area contributed by atoms with Crippen LogP contribution in [0.15, 0.2) is 23.4 Å². The fourth-order valence-corrected chi connectivity index (χ4v) is 3.41. The SMILES string of the molecule is CC(C)C1CCC(Nc2ccc(S(C)(=O)=O)nc2)CC1. The molecule has 0 atom stereocenters. The van der Waals surface area contributed by atoms with Gasteiger partial charge in [0.05, 0.1) is 11.9 Å². The molecule has 0 unspecified atom stereocenters. The third-order valence-corrected chi connectivity index (χ3v) is 5.20. The number of pyridine rings is 1. The average molecular weight is 296 g/mol. The summed E-state index contributed by atoms with van der Waals surface area (Å²) in [6.45, 7) is 4.60. The van der Waals surface area contributed by atoms with Crippen LogP contribution in [0.1, 0.15) is 39.5 Å². The smallest absolute Gasteiger partial charge is 0.192 e. The number of aromatic nitrogens is 1. The molecular formula is C15H24N2O2S. The van der Waals surface area contributed by atoms with Gasteiger partial charge in [0.15, 0.2) is 14.9 Å². The first-order valence-corrected chi connectivity index (χ1v) is 9.18. The van der Waals surface area contributed by atoms with Crippen molar-refractivity contribution in [3.05, 3.63) is 18.3 Å². The van der Waals surface area contributed by atoms with Gasteiger partial charge in [0, 0.05) is 12.3 Å². The third kappa shape index (κ3) is 3.95. The maximum atomic E-state index is 11.4. The van der Waals surface area contributed by atoms with E-state index >= 15 is 0 Å². The number of hydrogen-bond donors (Lipinski definition) is 1. The zero-order chi connectivity index (χ0) is 14.8. The molecule has 20 heavy (non-hydrogen) atoms. The minimum absolute atomic E-state index is 0.131. The fraction of sp³-hybridized carbons (Fsp3) is 0.667. The van der Waals surface area contributed by atoms with E-state index in [4.69, 9.17) is 0 Å². The molecule has 1 N–H and O–H groups in total. The van der Waals surface area contributed by atoms with Crippen LogP contribution in [-0.4, -0.2) is 25.7 Å². The molecule has 1 aromatic heterocycles. The van der Waals surface area contributed by atoms with Crippen LogP contribution in [0.5, 0.6) is 0 Å².